The Morgan fingerprint density at radius 1 is 1.00 bits per heavy atom. The zero-order valence-corrected chi connectivity index (χ0v) is 18.9. The Balaban J connectivity index is 1.25. The highest BCUT2D eigenvalue weighted by molar-refractivity contribution is 5.83. The quantitative estimate of drug-likeness (QED) is 0.450. The van der Waals surface area contributed by atoms with Gasteiger partial charge in [-0.15, -0.1) is 0 Å². The normalized spacial score (nSPS) is 19.7. The van der Waals surface area contributed by atoms with Crippen molar-refractivity contribution >= 4 is 18.0 Å². The first-order valence-corrected chi connectivity index (χ1v) is 11.7. The van der Waals surface area contributed by atoms with E-state index in [9.17, 15) is 14.4 Å². The van der Waals surface area contributed by atoms with Crippen LogP contribution in [0.15, 0.2) is 48.5 Å². The number of carboxylic acid groups (broad SMARTS) is 1. The van der Waals surface area contributed by atoms with E-state index in [0.29, 0.717) is 6.42 Å². The van der Waals surface area contributed by atoms with Crippen molar-refractivity contribution in [1.82, 2.24) is 10.6 Å². The molecule has 0 saturated heterocycles. The number of hydrogen-bond acceptors (Lipinski definition) is 5. The van der Waals surface area contributed by atoms with Crippen LogP contribution in [0.4, 0.5) is 4.79 Å². The van der Waals surface area contributed by atoms with E-state index in [4.69, 9.17) is 14.9 Å². The second kappa shape index (κ2) is 10.7. The second-order valence-corrected chi connectivity index (χ2v) is 9.02. The lowest BCUT2D eigenvalue weighted by molar-refractivity contribution is -0.142. The van der Waals surface area contributed by atoms with Crippen LogP contribution in [0.2, 0.25) is 0 Å². The van der Waals surface area contributed by atoms with Crippen molar-refractivity contribution in [2.75, 3.05) is 13.2 Å². The van der Waals surface area contributed by atoms with Crippen molar-refractivity contribution in [3.05, 3.63) is 59.7 Å². The van der Waals surface area contributed by atoms with E-state index in [1.165, 1.54) is 11.1 Å². The molecule has 0 bridgehead atoms. The maximum atomic E-state index is 12.5. The van der Waals surface area contributed by atoms with Crippen LogP contribution in [-0.4, -0.2) is 53.5 Å². The number of amides is 2. The number of nitrogens with one attached hydrogen (secondary N) is 2. The molecule has 0 aromatic heterocycles. The zero-order chi connectivity index (χ0) is 24.1. The topological polar surface area (TPSA) is 125 Å². The van der Waals surface area contributed by atoms with Gasteiger partial charge in [-0.3, -0.25) is 4.79 Å². The van der Waals surface area contributed by atoms with E-state index >= 15 is 0 Å². The smallest absolute Gasteiger partial charge is 0.407 e. The molecule has 0 radical (unpaired) electrons. The summed E-state index contributed by atoms with van der Waals surface area (Å²) < 4.78 is 5.61. The number of benzene rings is 2. The highest BCUT2D eigenvalue weighted by Gasteiger charge is 2.31. The first-order chi connectivity index (χ1) is 16.5. The lowest BCUT2D eigenvalue weighted by Crippen LogP contribution is -2.42. The summed E-state index contributed by atoms with van der Waals surface area (Å²) >= 11 is 0. The number of ether oxygens (including phenoxy) is 1. The molecule has 0 aliphatic heterocycles. The molecular formula is C26H30N2O6. The van der Waals surface area contributed by atoms with E-state index < -0.39 is 18.1 Å². The number of carboxylic acids is 1. The standard InChI is InChI=1S/C26H30N2O6/c29-12-11-23(25(31)32)28-24(30)14-16-9-10-17(13-16)27-26(33)34-15-22-20-7-3-1-5-18(20)19-6-2-4-8-21(19)22/h1-8,16-17,22-23,29H,9-15H2,(H,27,33)(H,28,30)(H,31,32)/t16-,17+,23-/m0/s1. The van der Waals surface area contributed by atoms with Gasteiger partial charge in [0.05, 0.1) is 0 Å². The molecule has 2 aliphatic rings. The van der Waals surface area contributed by atoms with Crippen LogP contribution in [0, 0.1) is 5.92 Å². The van der Waals surface area contributed by atoms with E-state index in [1.54, 1.807) is 0 Å². The fraction of sp³-hybridized carbons (Fsp3) is 0.423. The molecule has 3 atom stereocenters. The number of rotatable bonds is 9. The molecule has 4 rings (SSSR count). The second-order valence-electron chi connectivity index (χ2n) is 9.02. The average Bonchev–Trinajstić information content (AvgIpc) is 3.39. The molecule has 2 aromatic rings. The predicted octanol–water partition coefficient (Wildman–Crippen LogP) is 3.04. The van der Waals surface area contributed by atoms with Gasteiger partial charge in [-0.05, 0) is 47.4 Å². The van der Waals surface area contributed by atoms with Crippen molar-refractivity contribution < 1.29 is 29.3 Å². The Morgan fingerprint density at radius 2 is 1.65 bits per heavy atom. The highest BCUT2D eigenvalue weighted by Crippen LogP contribution is 2.44. The molecule has 1 fully saturated rings. The molecule has 34 heavy (non-hydrogen) atoms. The fourth-order valence-electron chi connectivity index (χ4n) is 5.10. The summed E-state index contributed by atoms with van der Waals surface area (Å²) in [6, 6.07) is 15.2. The third-order valence-corrected chi connectivity index (χ3v) is 6.73. The van der Waals surface area contributed by atoms with Gasteiger partial charge >= 0.3 is 12.1 Å². The minimum absolute atomic E-state index is 0.000672. The van der Waals surface area contributed by atoms with Crippen LogP contribution in [0.25, 0.3) is 11.1 Å². The van der Waals surface area contributed by atoms with Crippen molar-refractivity contribution in [2.45, 2.75) is 50.1 Å². The summed E-state index contributed by atoms with van der Waals surface area (Å²) in [7, 11) is 0. The molecule has 2 aliphatic carbocycles. The Hall–Kier alpha value is -3.39. The molecule has 0 unspecified atom stereocenters. The van der Waals surface area contributed by atoms with E-state index in [2.05, 4.69) is 34.9 Å². The number of aliphatic hydroxyl groups excluding tert-OH is 1. The van der Waals surface area contributed by atoms with Gasteiger partial charge in [-0.1, -0.05) is 48.5 Å². The molecular weight excluding hydrogens is 436 g/mol. The van der Waals surface area contributed by atoms with Crippen LogP contribution < -0.4 is 10.6 Å². The molecule has 180 valence electrons. The summed E-state index contributed by atoms with van der Waals surface area (Å²) in [4.78, 5) is 35.8. The lowest BCUT2D eigenvalue weighted by Gasteiger charge is -2.17. The van der Waals surface area contributed by atoms with Crippen LogP contribution in [-0.2, 0) is 14.3 Å². The summed E-state index contributed by atoms with van der Waals surface area (Å²) in [5.41, 5.74) is 4.66. The van der Waals surface area contributed by atoms with Gasteiger partial charge in [0, 0.05) is 31.4 Å². The number of aliphatic hydroxyl groups is 1. The van der Waals surface area contributed by atoms with Crippen LogP contribution in [0.1, 0.15) is 49.1 Å². The summed E-state index contributed by atoms with van der Waals surface area (Å²) in [6.45, 7) is -0.0628. The molecule has 2 amide bonds. The van der Waals surface area contributed by atoms with Gasteiger partial charge in [0.15, 0.2) is 0 Å². The number of carbonyl (C=O) groups excluding carboxylic acids is 2. The summed E-state index contributed by atoms with van der Waals surface area (Å²) in [5, 5.41) is 23.4. The van der Waals surface area contributed by atoms with E-state index in [-0.39, 0.29) is 49.8 Å². The summed E-state index contributed by atoms with van der Waals surface area (Å²) in [6.07, 6.45) is 1.83. The molecule has 4 N–H and O–H groups in total. The molecule has 0 spiro atoms. The number of hydrogen-bond donors (Lipinski definition) is 4. The van der Waals surface area contributed by atoms with Gasteiger partial charge in [0.2, 0.25) is 5.91 Å². The van der Waals surface area contributed by atoms with Crippen molar-refractivity contribution in [3.63, 3.8) is 0 Å². The molecule has 8 heteroatoms. The molecule has 8 nitrogen and oxygen atoms in total. The maximum Gasteiger partial charge on any atom is 0.407 e. The van der Waals surface area contributed by atoms with Crippen molar-refractivity contribution in [2.24, 2.45) is 5.92 Å². The third kappa shape index (κ3) is 5.39. The summed E-state index contributed by atoms with van der Waals surface area (Å²) in [5.74, 6) is -1.46. The Bertz CT molecular complexity index is 1010. The molecule has 0 heterocycles. The van der Waals surface area contributed by atoms with Crippen molar-refractivity contribution in [1.29, 1.82) is 0 Å². The minimum Gasteiger partial charge on any atom is -0.480 e. The highest BCUT2D eigenvalue weighted by atomic mass is 16.5. The van der Waals surface area contributed by atoms with E-state index in [0.717, 1.165) is 24.0 Å². The van der Waals surface area contributed by atoms with Gasteiger partial charge in [0.1, 0.15) is 12.6 Å². The molecule has 1 saturated carbocycles. The number of fused-ring (bicyclic) bond motifs is 3. The van der Waals surface area contributed by atoms with E-state index in [1.807, 2.05) is 24.3 Å². The lowest BCUT2D eigenvalue weighted by atomic mass is 9.98. The Labute approximate surface area is 198 Å². The van der Waals surface area contributed by atoms with Crippen LogP contribution in [0.3, 0.4) is 0 Å². The van der Waals surface area contributed by atoms with Gasteiger partial charge < -0.3 is 25.6 Å². The third-order valence-electron chi connectivity index (χ3n) is 6.73. The Morgan fingerprint density at radius 3 is 2.26 bits per heavy atom. The first-order valence-electron chi connectivity index (χ1n) is 11.7. The zero-order valence-electron chi connectivity index (χ0n) is 18.9. The largest absolute Gasteiger partial charge is 0.480 e. The van der Waals surface area contributed by atoms with Gasteiger partial charge in [-0.25, -0.2) is 9.59 Å². The number of carbonyl (C=O) groups is 3. The van der Waals surface area contributed by atoms with Gasteiger partial charge in [-0.2, -0.15) is 0 Å². The molecule has 2 aromatic carbocycles. The number of alkyl carbamates (subject to hydrolysis) is 1. The SMILES string of the molecule is O=C(C[C@H]1CC[C@@H](NC(=O)OCC2c3ccccc3-c3ccccc32)C1)N[C@@H](CCO)C(=O)O. The first kappa shape index (κ1) is 23.8. The van der Waals surface area contributed by atoms with Crippen LogP contribution >= 0.6 is 0 Å². The van der Waals surface area contributed by atoms with Crippen molar-refractivity contribution in [3.8, 4) is 11.1 Å². The van der Waals surface area contributed by atoms with Gasteiger partial charge in [0.25, 0.3) is 0 Å². The number of aliphatic carboxylic acids is 1. The maximum absolute atomic E-state index is 12.5. The minimum atomic E-state index is -1.16. The monoisotopic (exact) mass is 466 g/mol. The predicted molar refractivity (Wildman–Crippen MR) is 125 cm³/mol. The average molecular weight is 467 g/mol. The fourth-order valence-corrected chi connectivity index (χ4v) is 5.10. The van der Waals surface area contributed by atoms with Crippen LogP contribution in [0.5, 0.6) is 0 Å². The Kier molecular flexibility index (Phi) is 7.47.